The molecule has 7 nitrogen and oxygen atoms in total. The lowest BCUT2D eigenvalue weighted by atomic mass is 10.1. The third-order valence-electron chi connectivity index (χ3n) is 4.98. The number of hydrogen-bond donors (Lipinski definition) is 0. The summed E-state index contributed by atoms with van der Waals surface area (Å²) in [6.07, 6.45) is 6.11. The summed E-state index contributed by atoms with van der Waals surface area (Å²) >= 11 is 0. The second-order valence-corrected chi connectivity index (χ2v) is 7.11. The molecule has 1 atom stereocenters. The van der Waals surface area contributed by atoms with Gasteiger partial charge in [-0.05, 0) is 23.8 Å². The quantitative estimate of drug-likeness (QED) is 0.660. The third-order valence-corrected chi connectivity index (χ3v) is 4.98. The summed E-state index contributed by atoms with van der Waals surface area (Å²) < 4.78 is 6.98. The molecule has 0 spiro atoms. The molecule has 0 radical (unpaired) electrons. The minimum absolute atomic E-state index is 0.116. The second-order valence-electron chi connectivity index (χ2n) is 7.11. The van der Waals surface area contributed by atoms with Gasteiger partial charge in [-0.3, -0.25) is 9.48 Å². The Morgan fingerprint density at radius 2 is 2.07 bits per heavy atom. The highest BCUT2D eigenvalue weighted by Crippen LogP contribution is 2.23. The van der Waals surface area contributed by atoms with Crippen molar-refractivity contribution in [2.45, 2.75) is 33.0 Å². The predicted molar refractivity (Wildman–Crippen MR) is 103 cm³/mol. The number of hydrogen-bond acceptors (Lipinski definition) is 5. The van der Waals surface area contributed by atoms with Gasteiger partial charge >= 0.3 is 0 Å². The maximum Gasteiger partial charge on any atom is 0.227 e. The predicted octanol–water partition coefficient (Wildman–Crippen LogP) is 2.45. The lowest BCUT2D eigenvalue weighted by molar-refractivity contribution is -0.136. The van der Waals surface area contributed by atoms with E-state index in [1.807, 2.05) is 54.5 Å². The van der Waals surface area contributed by atoms with E-state index >= 15 is 0 Å². The Morgan fingerprint density at radius 3 is 2.79 bits per heavy atom. The van der Waals surface area contributed by atoms with E-state index in [0.717, 1.165) is 28.4 Å². The molecule has 0 aliphatic carbocycles. The topological polar surface area (TPSA) is 73.1 Å². The van der Waals surface area contributed by atoms with Gasteiger partial charge in [-0.1, -0.05) is 19.1 Å². The molecule has 1 aliphatic rings. The van der Waals surface area contributed by atoms with Gasteiger partial charge in [0.15, 0.2) is 0 Å². The average molecular weight is 377 g/mol. The Morgan fingerprint density at radius 1 is 1.25 bits per heavy atom. The lowest BCUT2D eigenvalue weighted by Crippen LogP contribution is -2.32. The third kappa shape index (κ3) is 3.88. The smallest absolute Gasteiger partial charge is 0.227 e. The molecule has 0 bridgehead atoms. The molecule has 144 valence electrons. The Labute approximate surface area is 164 Å². The molecule has 7 heteroatoms. The minimum Gasteiger partial charge on any atom is -0.497 e. The fourth-order valence-electron chi connectivity index (χ4n) is 3.44. The van der Waals surface area contributed by atoms with E-state index in [2.05, 4.69) is 10.1 Å². The van der Waals surface area contributed by atoms with E-state index in [-0.39, 0.29) is 11.8 Å². The fourth-order valence-corrected chi connectivity index (χ4v) is 3.44. The zero-order chi connectivity index (χ0) is 19.5. The van der Waals surface area contributed by atoms with Crippen LogP contribution in [-0.2, 0) is 30.8 Å². The normalized spacial score (nSPS) is 14.0. The Bertz CT molecular complexity index is 953. The van der Waals surface area contributed by atoms with Crippen molar-refractivity contribution in [3.63, 3.8) is 0 Å². The summed E-state index contributed by atoms with van der Waals surface area (Å²) in [5.41, 5.74) is 3.09. The molecule has 4 rings (SSSR count). The first-order valence-electron chi connectivity index (χ1n) is 9.35. The maximum absolute atomic E-state index is 12.8. The van der Waals surface area contributed by atoms with Gasteiger partial charge in [0.05, 0.1) is 31.8 Å². The summed E-state index contributed by atoms with van der Waals surface area (Å²) in [6.45, 7) is 3.62. The van der Waals surface area contributed by atoms with Crippen LogP contribution in [0.25, 0.3) is 0 Å². The first kappa shape index (κ1) is 18.2. The summed E-state index contributed by atoms with van der Waals surface area (Å²) in [7, 11) is 1.65. The van der Waals surface area contributed by atoms with Crippen molar-refractivity contribution in [2.24, 2.45) is 5.92 Å². The number of carbonyl (C=O) groups excluding carboxylic acids is 1. The van der Waals surface area contributed by atoms with E-state index in [1.165, 1.54) is 0 Å². The van der Waals surface area contributed by atoms with Crippen molar-refractivity contribution < 1.29 is 9.53 Å². The highest BCUT2D eigenvalue weighted by atomic mass is 16.5. The molecule has 0 fully saturated rings. The summed E-state index contributed by atoms with van der Waals surface area (Å²) in [6, 6.07) is 9.77. The molecule has 1 aromatic carbocycles. The number of fused-ring (bicyclic) bond motifs is 1. The molecule has 1 unspecified atom stereocenters. The zero-order valence-corrected chi connectivity index (χ0v) is 16.1. The van der Waals surface area contributed by atoms with Crippen LogP contribution in [0, 0.1) is 5.92 Å². The Kier molecular flexibility index (Phi) is 5.06. The van der Waals surface area contributed by atoms with Crippen LogP contribution in [0.4, 0.5) is 0 Å². The highest BCUT2D eigenvalue weighted by Gasteiger charge is 2.28. The van der Waals surface area contributed by atoms with Crippen LogP contribution in [0.3, 0.4) is 0 Å². The average Bonchev–Trinajstić information content (AvgIpc) is 3.37. The number of nitrogens with zero attached hydrogens (tertiary/aromatic N) is 5. The van der Waals surface area contributed by atoms with E-state index in [0.29, 0.717) is 26.1 Å². The van der Waals surface area contributed by atoms with Crippen molar-refractivity contribution in [1.29, 1.82) is 0 Å². The molecular weight excluding hydrogens is 354 g/mol. The van der Waals surface area contributed by atoms with Gasteiger partial charge in [-0.15, -0.1) is 0 Å². The fraction of sp³-hybridized carbons (Fsp3) is 0.333. The summed E-state index contributed by atoms with van der Waals surface area (Å²) in [4.78, 5) is 23.9. The van der Waals surface area contributed by atoms with Gasteiger partial charge in [-0.2, -0.15) is 5.10 Å². The molecule has 2 aromatic heterocycles. The Balaban J connectivity index is 1.41. The number of benzene rings is 1. The number of aromatic nitrogens is 4. The largest absolute Gasteiger partial charge is 0.497 e. The highest BCUT2D eigenvalue weighted by molar-refractivity contribution is 5.79. The first-order chi connectivity index (χ1) is 13.6. The number of amides is 1. The SMILES string of the molecule is COc1ccc(Cc2ncc3c(n2)CN(C(=O)C(C)Cn2cccn2)C3)cc1. The van der Waals surface area contributed by atoms with E-state index in [4.69, 9.17) is 9.72 Å². The van der Waals surface area contributed by atoms with E-state index in [9.17, 15) is 4.79 Å². The minimum atomic E-state index is -0.138. The lowest BCUT2D eigenvalue weighted by Gasteiger charge is -2.20. The Hall–Kier alpha value is -3.22. The van der Waals surface area contributed by atoms with Crippen molar-refractivity contribution in [2.75, 3.05) is 7.11 Å². The van der Waals surface area contributed by atoms with Crippen LogP contribution in [0.2, 0.25) is 0 Å². The van der Waals surface area contributed by atoms with Crippen molar-refractivity contribution in [3.05, 3.63) is 71.6 Å². The van der Waals surface area contributed by atoms with E-state index < -0.39 is 0 Å². The molecular formula is C21H23N5O2. The number of rotatable bonds is 6. The summed E-state index contributed by atoms with van der Waals surface area (Å²) in [5.74, 6) is 1.57. The van der Waals surface area contributed by atoms with Crippen LogP contribution < -0.4 is 4.74 Å². The first-order valence-corrected chi connectivity index (χ1v) is 9.35. The monoisotopic (exact) mass is 377 g/mol. The molecule has 0 N–H and O–H groups in total. The van der Waals surface area contributed by atoms with Crippen LogP contribution >= 0.6 is 0 Å². The van der Waals surface area contributed by atoms with Gasteiger partial charge in [0, 0.05) is 37.1 Å². The maximum atomic E-state index is 12.8. The van der Waals surface area contributed by atoms with Crippen LogP contribution in [0.15, 0.2) is 48.9 Å². The summed E-state index contributed by atoms with van der Waals surface area (Å²) in [5, 5.41) is 4.18. The number of ether oxygens (including phenoxy) is 1. The molecule has 1 aliphatic heterocycles. The molecule has 0 saturated carbocycles. The number of carbonyl (C=O) groups is 1. The van der Waals surface area contributed by atoms with E-state index in [1.54, 1.807) is 18.0 Å². The van der Waals surface area contributed by atoms with Crippen LogP contribution in [-0.4, -0.2) is 37.7 Å². The molecule has 3 heterocycles. The van der Waals surface area contributed by atoms with Gasteiger partial charge in [-0.25, -0.2) is 9.97 Å². The van der Waals surface area contributed by atoms with Gasteiger partial charge in [0.1, 0.15) is 11.6 Å². The standard InChI is InChI=1S/C21H23N5O2/c1-15(12-26-9-3-8-23-26)21(27)25-13-17-11-22-20(24-19(17)14-25)10-16-4-6-18(28-2)7-5-16/h3-9,11,15H,10,12-14H2,1-2H3. The molecule has 28 heavy (non-hydrogen) atoms. The van der Waals surface area contributed by atoms with Crippen molar-refractivity contribution in [1.82, 2.24) is 24.6 Å². The van der Waals surface area contributed by atoms with Crippen molar-refractivity contribution >= 4 is 5.91 Å². The van der Waals surface area contributed by atoms with Crippen molar-refractivity contribution in [3.8, 4) is 5.75 Å². The zero-order valence-electron chi connectivity index (χ0n) is 16.1. The second kappa shape index (κ2) is 7.80. The molecule has 1 amide bonds. The van der Waals surface area contributed by atoms with Crippen LogP contribution in [0.1, 0.15) is 29.6 Å². The van der Waals surface area contributed by atoms with Gasteiger partial charge in [0.25, 0.3) is 0 Å². The van der Waals surface area contributed by atoms with Crippen LogP contribution in [0.5, 0.6) is 5.75 Å². The molecule has 0 saturated heterocycles. The van der Waals surface area contributed by atoms with Gasteiger partial charge in [0.2, 0.25) is 5.91 Å². The van der Waals surface area contributed by atoms with Gasteiger partial charge < -0.3 is 9.64 Å². The number of methoxy groups -OCH3 is 1. The molecule has 3 aromatic rings.